The van der Waals surface area contributed by atoms with E-state index in [1.807, 2.05) is 0 Å². The maximum atomic E-state index is 12.4. The van der Waals surface area contributed by atoms with E-state index < -0.39 is 17.9 Å². The maximum Gasteiger partial charge on any atom is 0.326 e. The zero-order valence-corrected chi connectivity index (χ0v) is 15.5. The molecule has 0 spiro atoms. The minimum Gasteiger partial charge on any atom is -0.480 e. The summed E-state index contributed by atoms with van der Waals surface area (Å²) in [4.78, 5) is 40.6. The normalized spacial score (nSPS) is 12.0. The summed E-state index contributed by atoms with van der Waals surface area (Å²) in [5.41, 5.74) is 1.98. The number of hydrogen-bond donors (Lipinski definition) is 2. The van der Waals surface area contributed by atoms with E-state index in [1.54, 1.807) is 34.7 Å². The lowest BCUT2D eigenvalue weighted by molar-refractivity contribution is -0.139. The summed E-state index contributed by atoms with van der Waals surface area (Å²) in [6.45, 7) is 6.92. The number of nitrogens with one attached hydrogen (secondary N) is 1. The first kappa shape index (κ1) is 18.8. The smallest absolute Gasteiger partial charge is 0.326 e. The molecule has 0 radical (unpaired) electrons. The predicted octanol–water partition coefficient (Wildman–Crippen LogP) is 1.42. The van der Waals surface area contributed by atoms with Gasteiger partial charge in [0.05, 0.1) is 17.0 Å². The molecule has 2 heterocycles. The number of rotatable bonds is 5. The van der Waals surface area contributed by atoms with Gasteiger partial charge in [-0.3, -0.25) is 9.59 Å². The Hall–Kier alpha value is -2.55. The average Bonchev–Trinajstić information content (AvgIpc) is 2.92. The minimum atomic E-state index is -1.09. The van der Waals surface area contributed by atoms with Crippen LogP contribution in [0.3, 0.4) is 0 Å². The second-order valence-corrected chi connectivity index (χ2v) is 6.72. The number of nitrogens with zero attached hydrogens (tertiary/aromatic N) is 3. The second-order valence-electron chi connectivity index (χ2n) is 5.72. The van der Waals surface area contributed by atoms with E-state index in [1.165, 1.54) is 4.68 Å². The van der Waals surface area contributed by atoms with Crippen molar-refractivity contribution in [3.8, 4) is 10.6 Å². The SMILES string of the molecule is CCC(NC(=O)c1sc(-c2c(C)c(C)nn(C)c2=O)nc1C)C(=O)O. The Bertz CT molecular complexity index is 900. The summed E-state index contributed by atoms with van der Waals surface area (Å²) in [5, 5.41) is 16.1. The highest BCUT2D eigenvalue weighted by molar-refractivity contribution is 7.17. The molecule has 2 N–H and O–H groups in total. The van der Waals surface area contributed by atoms with Gasteiger partial charge in [-0.15, -0.1) is 11.3 Å². The van der Waals surface area contributed by atoms with Gasteiger partial charge in [0.15, 0.2) is 0 Å². The van der Waals surface area contributed by atoms with Crippen molar-refractivity contribution < 1.29 is 14.7 Å². The van der Waals surface area contributed by atoms with Crippen LogP contribution in [0.5, 0.6) is 0 Å². The van der Waals surface area contributed by atoms with Gasteiger partial charge in [0.1, 0.15) is 15.9 Å². The summed E-state index contributed by atoms with van der Waals surface area (Å²) < 4.78 is 1.24. The molecule has 2 aromatic heterocycles. The molecule has 0 fully saturated rings. The lowest BCUT2D eigenvalue weighted by atomic mass is 10.1. The third kappa shape index (κ3) is 3.60. The predicted molar refractivity (Wildman–Crippen MR) is 94.0 cm³/mol. The number of carboxylic acids is 1. The molecule has 134 valence electrons. The van der Waals surface area contributed by atoms with Crippen LogP contribution in [0.2, 0.25) is 0 Å². The highest BCUT2D eigenvalue weighted by Gasteiger charge is 2.24. The Morgan fingerprint density at radius 1 is 1.28 bits per heavy atom. The fourth-order valence-electron chi connectivity index (χ4n) is 2.38. The average molecular weight is 364 g/mol. The Labute approximate surface area is 148 Å². The molecule has 0 aromatic carbocycles. The highest BCUT2D eigenvalue weighted by atomic mass is 32.1. The Morgan fingerprint density at radius 2 is 1.92 bits per heavy atom. The maximum absolute atomic E-state index is 12.4. The summed E-state index contributed by atoms with van der Waals surface area (Å²) >= 11 is 1.07. The van der Waals surface area contributed by atoms with Gasteiger partial charge < -0.3 is 10.4 Å². The van der Waals surface area contributed by atoms with Crippen molar-refractivity contribution in [2.24, 2.45) is 7.05 Å². The van der Waals surface area contributed by atoms with E-state index >= 15 is 0 Å². The molecule has 0 bridgehead atoms. The van der Waals surface area contributed by atoms with Crippen LogP contribution >= 0.6 is 11.3 Å². The number of aromatic nitrogens is 3. The van der Waals surface area contributed by atoms with E-state index in [0.717, 1.165) is 11.3 Å². The van der Waals surface area contributed by atoms with Crippen molar-refractivity contribution in [3.05, 3.63) is 32.2 Å². The van der Waals surface area contributed by atoms with Crippen LogP contribution in [0, 0.1) is 20.8 Å². The van der Waals surface area contributed by atoms with Gasteiger partial charge in [-0.2, -0.15) is 5.10 Å². The Morgan fingerprint density at radius 3 is 2.48 bits per heavy atom. The van der Waals surface area contributed by atoms with E-state index in [2.05, 4.69) is 15.4 Å². The van der Waals surface area contributed by atoms with Gasteiger partial charge in [0.2, 0.25) is 0 Å². The van der Waals surface area contributed by atoms with Crippen LogP contribution < -0.4 is 10.9 Å². The molecule has 9 heteroatoms. The zero-order valence-electron chi connectivity index (χ0n) is 14.7. The first-order valence-electron chi connectivity index (χ1n) is 7.73. The number of aryl methyl sites for hydroxylation is 3. The van der Waals surface area contributed by atoms with E-state index in [4.69, 9.17) is 5.11 Å². The first-order chi connectivity index (χ1) is 11.7. The van der Waals surface area contributed by atoms with Crippen LogP contribution in [0.4, 0.5) is 0 Å². The molecule has 0 aliphatic carbocycles. The number of carbonyl (C=O) groups is 2. The number of amides is 1. The molecule has 0 saturated carbocycles. The van der Waals surface area contributed by atoms with E-state index in [-0.39, 0.29) is 12.0 Å². The van der Waals surface area contributed by atoms with Crippen LogP contribution in [-0.2, 0) is 11.8 Å². The monoisotopic (exact) mass is 364 g/mol. The summed E-state index contributed by atoms with van der Waals surface area (Å²) in [7, 11) is 1.56. The molecular weight excluding hydrogens is 344 g/mol. The van der Waals surface area contributed by atoms with Gasteiger partial charge in [0, 0.05) is 7.05 Å². The first-order valence-corrected chi connectivity index (χ1v) is 8.55. The van der Waals surface area contributed by atoms with Gasteiger partial charge in [-0.1, -0.05) is 6.92 Å². The molecule has 1 amide bonds. The van der Waals surface area contributed by atoms with Crippen LogP contribution in [0.25, 0.3) is 10.6 Å². The van der Waals surface area contributed by atoms with Crippen molar-refractivity contribution in [1.29, 1.82) is 0 Å². The van der Waals surface area contributed by atoms with Gasteiger partial charge in [0.25, 0.3) is 11.5 Å². The van der Waals surface area contributed by atoms with Crippen LogP contribution in [0.15, 0.2) is 4.79 Å². The van der Waals surface area contributed by atoms with Crippen molar-refractivity contribution in [1.82, 2.24) is 20.1 Å². The lowest BCUT2D eigenvalue weighted by Crippen LogP contribution is -2.40. The molecule has 0 aliphatic heterocycles. The number of thiazole rings is 1. The van der Waals surface area contributed by atoms with Crippen molar-refractivity contribution in [2.75, 3.05) is 0 Å². The molecule has 1 atom stereocenters. The number of carboxylic acid groups (broad SMARTS) is 1. The van der Waals surface area contributed by atoms with Gasteiger partial charge >= 0.3 is 5.97 Å². The molecule has 2 rings (SSSR count). The van der Waals surface area contributed by atoms with E-state index in [0.29, 0.717) is 32.4 Å². The third-order valence-corrected chi connectivity index (χ3v) is 5.13. The second kappa shape index (κ2) is 7.14. The standard InChI is InChI=1S/C16H20N4O4S/c1-6-10(16(23)24)18-13(21)12-9(4)17-14(25-12)11-7(2)8(3)19-20(5)15(11)22/h10H,6H2,1-5H3,(H,18,21)(H,23,24). The fraction of sp³-hybridized carbons (Fsp3) is 0.438. The largest absolute Gasteiger partial charge is 0.480 e. The molecule has 0 aliphatic rings. The van der Waals surface area contributed by atoms with Crippen molar-refractivity contribution in [2.45, 2.75) is 40.2 Å². The van der Waals surface area contributed by atoms with Crippen LogP contribution in [-0.4, -0.2) is 37.8 Å². The molecule has 1 unspecified atom stereocenters. The van der Waals surface area contributed by atoms with Crippen molar-refractivity contribution >= 4 is 23.2 Å². The summed E-state index contributed by atoms with van der Waals surface area (Å²) in [5.74, 6) is -1.59. The Balaban J connectivity index is 2.47. The zero-order chi connectivity index (χ0) is 18.9. The van der Waals surface area contributed by atoms with Gasteiger partial charge in [-0.25, -0.2) is 14.5 Å². The summed E-state index contributed by atoms with van der Waals surface area (Å²) in [6.07, 6.45) is 0.273. The molecule has 25 heavy (non-hydrogen) atoms. The Kier molecular flexibility index (Phi) is 5.36. The minimum absolute atomic E-state index is 0.273. The van der Waals surface area contributed by atoms with Crippen molar-refractivity contribution in [3.63, 3.8) is 0 Å². The highest BCUT2D eigenvalue weighted by Crippen LogP contribution is 2.28. The third-order valence-electron chi connectivity index (χ3n) is 3.95. The molecule has 0 saturated heterocycles. The van der Waals surface area contributed by atoms with Crippen LogP contribution in [0.1, 0.15) is 40.0 Å². The number of aliphatic carboxylic acids is 1. The summed E-state index contributed by atoms with van der Waals surface area (Å²) in [6, 6.07) is -0.963. The van der Waals surface area contributed by atoms with E-state index in [9.17, 15) is 14.4 Å². The topological polar surface area (TPSA) is 114 Å². The number of carbonyl (C=O) groups excluding carboxylic acids is 1. The van der Waals surface area contributed by atoms with Gasteiger partial charge in [-0.05, 0) is 32.8 Å². The quantitative estimate of drug-likeness (QED) is 0.829. The molecular formula is C16H20N4O4S. The molecule has 8 nitrogen and oxygen atoms in total. The molecule has 2 aromatic rings. The number of hydrogen-bond acceptors (Lipinski definition) is 6. The lowest BCUT2D eigenvalue weighted by Gasteiger charge is -2.11. The fourth-order valence-corrected chi connectivity index (χ4v) is 3.44.